The van der Waals surface area contributed by atoms with Gasteiger partial charge in [0.2, 0.25) is 0 Å². The summed E-state index contributed by atoms with van der Waals surface area (Å²) in [6.45, 7) is 4.42. The predicted octanol–water partition coefficient (Wildman–Crippen LogP) is 4.03. The highest BCUT2D eigenvalue weighted by atomic mass is 16.6. The Morgan fingerprint density at radius 2 is 2.03 bits per heavy atom. The lowest BCUT2D eigenvalue weighted by Gasteiger charge is -2.10. The van der Waals surface area contributed by atoms with Gasteiger partial charge in [-0.3, -0.25) is 15.1 Å². The molecule has 7 N–H and O–H groups in total. The highest BCUT2D eigenvalue weighted by molar-refractivity contribution is 6.08. The van der Waals surface area contributed by atoms with Crippen LogP contribution in [0.4, 0.5) is 11.5 Å². The summed E-state index contributed by atoms with van der Waals surface area (Å²) in [7, 11) is 0. The van der Waals surface area contributed by atoms with Crippen molar-refractivity contribution in [2.45, 2.75) is 20.4 Å². The van der Waals surface area contributed by atoms with Crippen molar-refractivity contribution < 1.29 is 4.92 Å². The largest absolute Gasteiger partial charge is 0.404 e. The van der Waals surface area contributed by atoms with Crippen LogP contribution < -0.4 is 22.1 Å². The van der Waals surface area contributed by atoms with Gasteiger partial charge in [-0.15, -0.1) is 0 Å². The van der Waals surface area contributed by atoms with Crippen LogP contribution in [0, 0.1) is 21.4 Å². The fourth-order valence-corrected chi connectivity index (χ4v) is 3.27. The van der Waals surface area contributed by atoms with Crippen LogP contribution in [0.15, 0.2) is 78.5 Å². The molecule has 0 fully saturated rings. The van der Waals surface area contributed by atoms with Crippen molar-refractivity contribution in [1.29, 1.82) is 5.41 Å². The number of nitro benzene ring substituents is 1. The minimum atomic E-state index is -0.430. The number of nitrogens with zero attached hydrogens (tertiary/aromatic N) is 3. The molecule has 0 saturated carbocycles. The minimum Gasteiger partial charge on any atom is -0.404 e. The summed E-state index contributed by atoms with van der Waals surface area (Å²) in [4.78, 5) is 19.6. The van der Waals surface area contributed by atoms with E-state index in [0.717, 1.165) is 11.1 Å². The van der Waals surface area contributed by atoms with Crippen molar-refractivity contribution >= 4 is 34.3 Å². The quantitative estimate of drug-likeness (QED) is 0.127. The van der Waals surface area contributed by atoms with E-state index in [1.807, 2.05) is 26.0 Å². The van der Waals surface area contributed by atoms with Crippen molar-refractivity contribution in [3.05, 3.63) is 99.8 Å². The van der Waals surface area contributed by atoms with Gasteiger partial charge in [0.15, 0.2) is 0 Å². The Bertz CT molecular complexity index is 1330. The summed E-state index contributed by atoms with van der Waals surface area (Å²) in [6.07, 6.45) is 7.84. The standard InChI is InChI=1S/C25H28N8O2/c1-16(2)18(11-26)10-24(28)32-25-7-6-22-23(31-25)9-19(15-30-22)20(12-27)14-29-13-17-4-3-5-21(8-17)33(34)35/h3-12,14-16,27,29H,13,26,28H2,1-2H3,(H,31,32)/b18-11+,20-14+,24-10+,27-12?. The Morgan fingerprint density at radius 3 is 2.71 bits per heavy atom. The van der Waals surface area contributed by atoms with Gasteiger partial charge in [0, 0.05) is 48.4 Å². The lowest BCUT2D eigenvalue weighted by molar-refractivity contribution is -0.384. The number of nitro groups is 1. The number of allylic oxidation sites excluding steroid dienone is 3. The molecule has 3 rings (SSSR count). The summed E-state index contributed by atoms with van der Waals surface area (Å²) in [6, 6.07) is 11.8. The molecule has 0 amide bonds. The smallest absolute Gasteiger partial charge is 0.269 e. The fourth-order valence-electron chi connectivity index (χ4n) is 3.27. The molecule has 2 heterocycles. The van der Waals surface area contributed by atoms with Gasteiger partial charge >= 0.3 is 0 Å². The van der Waals surface area contributed by atoms with Crippen molar-refractivity contribution in [1.82, 2.24) is 15.3 Å². The third-order valence-electron chi connectivity index (χ3n) is 5.17. The molecule has 2 aromatic heterocycles. The zero-order chi connectivity index (χ0) is 25.4. The van der Waals surface area contributed by atoms with Gasteiger partial charge in [0.25, 0.3) is 5.69 Å². The highest BCUT2D eigenvalue weighted by Gasteiger charge is 2.07. The van der Waals surface area contributed by atoms with E-state index in [-0.39, 0.29) is 11.6 Å². The number of nitrogens with two attached hydrogens (primary N) is 2. The molecule has 1 aromatic carbocycles. The Kier molecular flexibility index (Phi) is 8.12. The topological polar surface area (TPSA) is 169 Å². The van der Waals surface area contributed by atoms with Gasteiger partial charge < -0.3 is 27.5 Å². The molecule has 35 heavy (non-hydrogen) atoms. The molecule has 0 atom stereocenters. The molecule has 0 saturated heterocycles. The van der Waals surface area contributed by atoms with Gasteiger partial charge in [-0.05, 0) is 47.5 Å². The van der Waals surface area contributed by atoms with E-state index >= 15 is 0 Å². The zero-order valence-electron chi connectivity index (χ0n) is 19.5. The van der Waals surface area contributed by atoms with E-state index < -0.39 is 4.92 Å². The number of aromatic nitrogens is 2. The first-order valence-corrected chi connectivity index (χ1v) is 10.9. The minimum absolute atomic E-state index is 0.0322. The van der Waals surface area contributed by atoms with Crippen LogP contribution in [-0.2, 0) is 6.54 Å². The molecule has 0 spiro atoms. The molecule has 10 heteroatoms. The predicted molar refractivity (Wildman–Crippen MR) is 139 cm³/mol. The number of non-ortho nitro benzene ring substituents is 1. The number of nitrogens with one attached hydrogen (secondary N) is 3. The maximum atomic E-state index is 11.0. The molecule has 180 valence electrons. The van der Waals surface area contributed by atoms with E-state index in [4.69, 9.17) is 16.9 Å². The second-order valence-electron chi connectivity index (χ2n) is 8.06. The Morgan fingerprint density at radius 1 is 1.23 bits per heavy atom. The van der Waals surface area contributed by atoms with Crippen LogP contribution >= 0.6 is 0 Å². The SMILES string of the molecule is CC(C)C(=C/N)/C=C(\N)Nc1ccc2ncc(/C(C=N)=C/NCc3cccc([N+](=O)[O-])c3)cc2n1. The highest BCUT2D eigenvalue weighted by Crippen LogP contribution is 2.20. The molecular formula is C25H28N8O2. The first-order chi connectivity index (χ1) is 16.8. The molecule has 0 aliphatic heterocycles. The van der Waals surface area contributed by atoms with E-state index in [1.165, 1.54) is 24.5 Å². The summed E-state index contributed by atoms with van der Waals surface area (Å²) < 4.78 is 0. The Labute approximate surface area is 203 Å². The average molecular weight is 473 g/mol. The number of anilines is 1. The molecular weight excluding hydrogens is 444 g/mol. The Hall–Kier alpha value is -4.73. The normalized spacial score (nSPS) is 12.6. The number of hydrogen-bond donors (Lipinski definition) is 5. The summed E-state index contributed by atoms with van der Waals surface area (Å²) in [5.74, 6) is 1.19. The molecule has 0 radical (unpaired) electrons. The molecule has 0 unspecified atom stereocenters. The average Bonchev–Trinajstić information content (AvgIpc) is 2.84. The number of hydrogen-bond acceptors (Lipinski definition) is 9. The van der Waals surface area contributed by atoms with Crippen molar-refractivity contribution in [3.8, 4) is 0 Å². The van der Waals surface area contributed by atoms with Crippen molar-refractivity contribution in [2.75, 3.05) is 5.32 Å². The van der Waals surface area contributed by atoms with Crippen LogP contribution in [0.5, 0.6) is 0 Å². The maximum Gasteiger partial charge on any atom is 0.269 e. The van der Waals surface area contributed by atoms with Gasteiger partial charge in [-0.2, -0.15) is 0 Å². The van der Waals surface area contributed by atoms with Gasteiger partial charge in [-0.25, -0.2) is 4.98 Å². The van der Waals surface area contributed by atoms with Gasteiger partial charge in [0.1, 0.15) is 11.6 Å². The van der Waals surface area contributed by atoms with E-state index in [9.17, 15) is 10.1 Å². The summed E-state index contributed by atoms with van der Waals surface area (Å²) in [5, 5.41) is 24.9. The van der Waals surface area contributed by atoms with E-state index in [0.29, 0.717) is 40.4 Å². The van der Waals surface area contributed by atoms with Crippen molar-refractivity contribution in [2.24, 2.45) is 17.4 Å². The lowest BCUT2D eigenvalue weighted by atomic mass is 10.0. The van der Waals surface area contributed by atoms with Crippen LogP contribution in [0.2, 0.25) is 0 Å². The molecule has 0 aliphatic rings. The summed E-state index contributed by atoms with van der Waals surface area (Å²) in [5.41, 5.74) is 16.1. The molecule has 0 bridgehead atoms. The number of fused-ring (bicyclic) bond motifs is 1. The fraction of sp³-hybridized carbons (Fsp3) is 0.160. The van der Waals surface area contributed by atoms with Gasteiger partial charge in [-0.1, -0.05) is 26.0 Å². The molecule has 3 aromatic rings. The van der Waals surface area contributed by atoms with E-state index in [2.05, 4.69) is 20.6 Å². The maximum absolute atomic E-state index is 11.0. The number of benzene rings is 1. The monoisotopic (exact) mass is 472 g/mol. The van der Waals surface area contributed by atoms with Crippen molar-refractivity contribution in [3.63, 3.8) is 0 Å². The summed E-state index contributed by atoms with van der Waals surface area (Å²) >= 11 is 0. The number of pyridine rings is 2. The molecule has 10 nitrogen and oxygen atoms in total. The second kappa shape index (κ2) is 11.4. The van der Waals surface area contributed by atoms with E-state index in [1.54, 1.807) is 36.7 Å². The van der Waals surface area contributed by atoms with Gasteiger partial charge in [0.05, 0.1) is 16.0 Å². The second-order valence-corrected chi connectivity index (χ2v) is 8.06. The Balaban J connectivity index is 1.79. The number of rotatable bonds is 10. The molecule has 0 aliphatic carbocycles. The third-order valence-corrected chi connectivity index (χ3v) is 5.17. The first-order valence-electron chi connectivity index (χ1n) is 10.9. The zero-order valence-corrected chi connectivity index (χ0v) is 19.5. The van der Waals surface area contributed by atoms with Crippen LogP contribution in [0.1, 0.15) is 25.0 Å². The van der Waals surface area contributed by atoms with Crippen LogP contribution in [0.25, 0.3) is 16.6 Å². The van der Waals surface area contributed by atoms with Crippen LogP contribution in [0.3, 0.4) is 0 Å². The third kappa shape index (κ3) is 6.64. The van der Waals surface area contributed by atoms with Crippen LogP contribution in [-0.4, -0.2) is 21.1 Å². The first kappa shape index (κ1) is 24.9. The lowest BCUT2D eigenvalue weighted by Crippen LogP contribution is -2.12.